The normalized spacial score (nSPS) is 18.7. The monoisotopic (exact) mass is 208 g/mol. The van der Waals surface area contributed by atoms with E-state index >= 15 is 0 Å². The van der Waals surface area contributed by atoms with E-state index in [1.807, 2.05) is 26.0 Å². The van der Waals surface area contributed by atoms with Gasteiger partial charge in [-0.3, -0.25) is 4.79 Å². The maximum atomic E-state index is 12.2. The van der Waals surface area contributed by atoms with Gasteiger partial charge in [-0.05, 0) is 31.4 Å². The summed E-state index contributed by atoms with van der Waals surface area (Å²) in [5, 5.41) is 0. The summed E-state index contributed by atoms with van der Waals surface area (Å²) in [5.74, 6) is 0.187. The Balaban J connectivity index is 2.90. The van der Waals surface area contributed by atoms with Gasteiger partial charge < -0.3 is 4.74 Å². The topological polar surface area (TPSA) is 26.3 Å². The van der Waals surface area contributed by atoms with Crippen molar-refractivity contribution in [1.29, 1.82) is 0 Å². The number of carbonyl (C=O) groups excluding carboxylic acids is 1. The Morgan fingerprint density at radius 1 is 1.33 bits per heavy atom. The van der Waals surface area contributed by atoms with Gasteiger partial charge >= 0.3 is 0 Å². The molecule has 0 aromatic carbocycles. The van der Waals surface area contributed by atoms with E-state index in [-0.39, 0.29) is 5.78 Å². The standard InChI is InChI=1S/C13H20O2/c1-5-6-7-12(14)13(15-4)10(2)8-9-11(13)3/h8-9H,5-7H2,1-4H3. The van der Waals surface area contributed by atoms with Crippen LogP contribution in [0.2, 0.25) is 0 Å². The molecule has 0 spiro atoms. The van der Waals surface area contributed by atoms with Gasteiger partial charge in [-0.15, -0.1) is 0 Å². The van der Waals surface area contributed by atoms with Gasteiger partial charge in [0.15, 0.2) is 11.4 Å². The summed E-state index contributed by atoms with van der Waals surface area (Å²) in [6.45, 7) is 6.01. The zero-order valence-electron chi connectivity index (χ0n) is 10.1. The van der Waals surface area contributed by atoms with E-state index in [9.17, 15) is 4.79 Å². The second kappa shape index (κ2) is 4.75. The van der Waals surface area contributed by atoms with Gasteiger partial charge in [0.05, 0.1) is 0 Å². The van der Waals surface area contributed by atoms with Crippen LogP contribution in [0.15, 0.2) is 23.3 Å². The van der Waals surface area contributed by atoms with Gasteiger partial charge in [0.1, 0.15) is 0 Å². The maximum Gasteiger partial charge on any atom is 0.173 e. The van der Waals surface area contributed by atoms with Gasteiger partial charge in [-0.25, -0.2) is 0 Å². The van der Waals surface area contributed by atoms with Crippen LogP contribution in [0.25, 0.3) is 0 Å². The van der Waals surface area contributed by atoms with Crippen LogP contribution in [0.5, 0.6) is 0 Å². The summed E-state index contributed by atoms with van der Waals surface area (Å²) >= 11 is 0. The average molecular weight is 208 g/mol. The van der Waals surface area contributed by atoms with Gasteiger partial charge in [-0.2, -0.15) is 0 Å². The van der Waals surface area contributed by atoms with E-state index in [2.05, 4.69) is 6.92 Å². The number of methoxy groups -OCH3 is 1. The van der Waals surface area contributed by atoms with Crippen molar-refractivity contribution in [3.63, 3.8) is 0 Å². The molecule has 2 nitrogen and oxygen atoms in total. The molecule has 0 radical (unpaired) electrons. The first-order valence-electron chi connectivity index (χ1n) is 5.54. The first kappa shape index (κ1) is 12.2. The van der Waals surface area contributed by atoms with Crippen LogP contribution in [0.1, 0.15) is 40.0 Å². The number of unbranched alkanes of at least 4 members (excludes halogenated alkanes) is 1. The molecule has 0 amide bonds. The molecule has 2 heteroatoms. The van der Waals surface area contributed by atoms with Crippen LogP contribution in [-0.4, -0.2) is 18.5 Å². The number of carbonyl (C=O) groups is 1. The van der Waals surface area contributed by atoms with E-state index in [4.69, 9.17) is 4.74 Å². The Morgan fingerprint density at radius 2 is 1.87 bits per heavy atom. The molecule has 0 saturated heterocycles. The average Bonchev–Trinajstić information content (AvgIpc) is 2.52. The molecular weight excluding hydrogens is 188 g/mol. The lowest BCUT2D eigenvalue weighted by Crippen LogP contribution is -2.41. The molecule has 15 heavy (non-hydrogen) atoms. The Hall–Kier alpha value is -0.890. The van der Waals surface area contributed by atoms with Gasteiger partial charge in [0, 0.05) is 13.5 Å². The SMILES string of the molecule is CCCCC(=O)C1(OC)C(C)=CC=C1C. The summed E-state index contributed by atoms with van der Waals surface area (Å²) in [5.41, 5.74) is 1.25. The molecule has 0 heterocycles. The second-order valence-corrected chi connectivity index (χ2v) is 4.11. The number of rotatable bonds is 5. The van der Waals surface area contributed by atoms with Crippen molar-refractivity contribution in [2.45, 2.75) is 45.6 Å². The molecule has 0 unspecified atom stereocenters. The lowest BCUT2D eigenvalue weighted by molar-refractivity contribution is -0.133. The lowest BCUT2D eigenvalue weighted by atomic mass is 9.85. The van der Waals surface area contributed by atoms with Crippen molar-refractivity contribution in [2.75, 3.05) is 7.11 Å². The minimum atomic E-state index is -0.755. The fourth-order valence-electron chi connectivity index (χ4n) is 2.18. The van der Waals surface area contributed by atoms with Crippen LogP contribution < -0.4 is 0 Å². The van der Waals surface area contributed by atoms with Gasteiger partial charge in [0.25, 0.3) is 0 Å². The summed E-state index contributed by atoms with van der Waals surface area (Å²) in [7, 11) is 1.61. The third kappa shape index (κ3) is 1.91. The van der Waals surface area contributed by atoms with E-state index < -0.39 is 5.60 Å². The van der Waals surface area contributed by atoms with Gasteiger partial charge in [-0.1, -0.05) is 25.5 Å². The Bertz CT molecular complexity index is 292. The van der Waals surface area contributed by atoms with E-state index in [1.165, 1.54) is 0 Å². The number of Topliss-reactive ketones (excluding diaryl/α,β-unsaturated/α-hetero) is 1. The Kier molecular flexibility index (Phi) is 3.86. The molecule has 0 saturated carbocycles. The number of hydrogen-bond donors (Lipinski definition) is 0. The third-order valence-corrected chi connectivity index (χ3v) is 3.15. The number of hydrogen-bond acceptors (Lipinski definition) is 2. The molecule has 0 aromatic rings. The fraction of sp³-hybridized carbons (Fsp3) is 0.615. The van der Waals surface area contributed by atoms with E-state index in [0.717, 1.165) is 24.0 Å². The quantitative estimate of drug-likeness (QED) is 0.694. The Labute approximate surface area is 92.0 Å². The molecular formula is C13H20O2. The van der Waals surface area contributed by atoms with Crippen LogP contribution in [0.4, 0.5) is 0 Å². The zero-order chi connectivity index (χ0) is 11.5. The molecule has 84 valence electrons. The number of ketones is 1. The molecule has 1 aliphatic rings. The van der Waals surface area contributed by atoms with Crippen LogP contribution in [-0.2, 0) is 9.53 Å². The van der Waals surface area contributed by atoms with Crippen LogP contribution in [0.3, 0.4) is 0 Å². The first-order chi connectivity index (χ1) is 7.09. The maximum absolute atomic E-state index is 12.2. The summed E-state index contributed by atoms with van der Waals surface area (Å²) < 4.78 is 5.50. The fourth-order valence-corrected chi connectivity index (χ4v) is 2.18. The molecule has 0 bridgehead atoms. The largest absolute Gasteiger partial charge is 0.362 e. The van der Waals surface area contributed by atoms with Crippen molar-refractivity contribution >= 4 is 5.78 Å². The molecule has 0 fully saturated rings. The highest BCUT2D eigenvalue weighted by Gasteiger charge is 2.42. The van der Waals surface area contributed by atoms with Crippen LogP contribution in [0, 0.1) is 0 Å². The Morgan fingerprint density at radius 3 is 2.27 bits per heavy atom. The second-order valence-electron chi connectivity index (χ2n) is 4.11. The zero-order valence-corrected chi connectivity index (χ0v) is 10.1. The van der Waals surface area contributed by atoms with Crippen molar-refractivity contribution in [3.8, 4) is 0 Å². The minimum absolute atomic E-state index is 0.187. The van der Waals surface area contributed by atoms with Crippen molar-refractivity contribution in [2.24, 2.45) is 0 Å². The highest BCUT2D eigenvalue weighted by atomic mass is 16.5. The summed E-state index contributed by atoms with van der Waals surface area (Å²) in [6.07, 6.45) is 6.52. The molecule has 0 aromatic heterocycles. The molecule has 0 atom stereocenters. The number of ether oxygens (including phenoxy) is 1. The van der Waals surface area contributed by atoms with Crippen LogP contribution >= 0.6 is 0 Å². The highest BCUT2D eigenvalue weighted by molar-refractivity contribution is 5.95. The molecule has 0 aliphatic heterocycles. The van der Waals surface area contributed by atoms with E-state index in [0.29, 0.717) is 6.42 Å². The summed E-state index contributed by atoms with van der Waals surface area (Å²) in [6, 6.07) is 0. The minimum Gasteiger partial charge on any atom is -0.362 e. The third-order valence-electron chi connectivity index (χ3n) is 3.15. The van der Waals surface area contributed by atoms with Crippen molar-refractivity contribution < 1.29 is 9.53 Å². The number of allylic oxidation sites excluding steroid dienone is 2. The molecule has 0 N–H and O–H groups in total. The lowest BCUT2D eigenvalue weighted by Gasteiger charge is -2.30. The molecule has 1 rings (SSSR count). The van der Waals surface area contributed by atoms with Crippen molar-refractivity contribution in [1.82, 2.24) is 0 Å². The smallest absolute Gasteiger partial charge is 0.173 e. The predicted octanol–water partition coefficient (Wildman–Crippen LogP) is 3.04. The first-order valence-corrected chi connectivity index (χ1v) is 5.54. The summed E-state index contributed by atoms with van der Waals surface area (Å²) in [4.78, 5) is 12.2. The van der Waals surface area contributed by atoms with Crippen molar-refractivity contribution in [3.05, 3.63) is 23.3 Å². The predicted molar refractivity (Wildman–Crippen MR) is 61.8 cm³/mol. The van der Waals surface area contributed by atoms with Gasteiger partial charge in [0.2, 0.25) is 0 Å². The highest BCUT2D eigenvalue weighted by Crippen LogP contribution is 2.36. The molecule has 1 aliphatic carbocycles. The van der Waals surface area contributed by atoms with E-state index in [1.54, 1.807) is 7.11 Å².